The summed E-state index contributed by atoms with van der Waals surface area (Å²) in [6.07, 6.45) is 3.18. The molecule has 0 aliphatic carbocycles. The smallest absolute Gasteiger partial charge is 0.221 e. The second-order valence-corrected chi connectivity index (χ2v) is 3.46. The molecule has 0 amide bonds. The van der Waals surface area contributed by atoms with Gasteiger partial charge in [0.15, 0.2) is 0 Å². The molecule has 0 aliphatic rings. The highest BCUT2D eigenvalue weighted by Crippen LogP contribution is 2.01. The van der Waals surface area contributed by atoms with E-state index < -0.39 is 0 Å². The number of carbonyl (C=O) groups excluding carboxylic acids is 1. The molecule has 0 aromatic heterocycles. The molecule has 0 rings (SSSR count). The molecular weight excluding hydrogens is 172 g/mol. The Bertz CT molecular complexity index is 186. The molecule has 0 bridgehead atoms. The number of hydrogen-bond donors (Lipinski definition) is 0. The number of halogens is 1. The van der Waals surface area contributed by atoms with Crippen molar-refractivity contribution >= 4 is 16.8 Å². The molecule has 0 spiro atoms. The first-order valence-corrected chi connectivity index (χ1v) is 4.67. The van der Waals surface area contributed by atoms with Gasteiger partial charge in [-0.15, -0.1) is 11.8 Å². The first-order chi connectivity index (χ1) is 5.63. The molecular formula is C10H15ClO. The van der Waals surface area contributed by atoms with Crippen molar-refractivity contribution in [3.63, 3.8) is 0 Å². The molecule has 0 saturated carbocycles. The van der Waals surface area contributed by atoms with Crippen LogP contribution in [0.15, 0.2) is 0 Å². The van der Waals surface area contributed by atoms with Gasteiger partial charge in [0.25, 0.3) is 0 Å². The molecule has 1 nitrogen and oxygen atoms in total. The van der Waals surface area contributed by atoms with Crippen LogP contribution in [0, 0.1) is 17.8 Å². The van der Waals surface area contributed by atoms with E-state index in [4.69, 9.17) is 11.6 Å². The lowest BCUT2D eigenvalue weighted by atomic mass is 10.2. The second kappa shape index (κ2) is 7.18. The third-order valence-corrected chi connectivity index (χ3v) is 1.50. The SMILES string of the molecule is CC(C)C#CCCCCC(=O)Cl. The van der Waals surface area contributed by atoms with Gasteiger partial charge >= 0.3 is 0 Å². The summed E-state index contributed by atoms with van der Waals surface area (Å²) in [6.45, 7) is 4.13. The molecule has 0 heterocycles. The third kappa shape index (κ3) is 9.52. The highest BCUT2D eigenvalue weighted by atomic mass is 35.5. The van der Waals surface area contributed by atoms with Crippen molar-refractivity contribution in [1.82, 2.24) is 0 Å². The molecule has 0 unspecified atom stereocenters. The van der Waals surface area contributed by atoms with E-state index in [1.54, 1.807) is 0 Å². The molecule has 0 aromatic rings. The van der Waals surface area contributed by atoms with Crippen molar-refractivity contribution in [1.29, 1.82) is 0 Å². The van der Waals surface area contributed by atoms with Gasteiger partial charge < -0.3 is 0 Å². The molecule has 0 aliphatic heterocycles. The average molecular weight is 187 g/mol. The Labute approximate surface area is 79.5 Å². The van der Waals surface area contributed by atoms with E-state index in [1.807, 2.05) is 0 Å². The van der Waals surface area contributed by atoms with Crippen molar-refractivity contribution in [2.75, 3.05) is 0 Å². The van der Waals surface area contributed by atoms with Crippen molar-refractivity contribution in [2.45, 2.75) is 39.5 Å². The second-order valence-electron chi connectivity index (χ2n) is 3.04. The monoisotopic (exact) mass is 186 g/mol. The van der Waals surface area contributed by atoms with Gasteiger partial charge in [0.2, 0.25) is 5.24 Å². The maximum atomic E-state index is 10.3. The minimum Gasteiger partial charge on any atom is -0.281 e. The van der Waals surface area contributed by atoms with Gasteiger partial charge in [-0.05, 0) is 24.4 Å². The Morgan fingerprint density at radius 2 is 2.08 bits per heavy atom. The predicted molar refractivity (Wildman–Crippen MR) is 51.9 cm³/mol. The lowest BCUT2D eigenvalue weighted by molar-refractivity contribution is -0.111. The zero-order chi connectivity index (χ0) is 9.40. The quantitative estimate of drug-likeness (QED) is 0.375. The minimum atomic E-state index is -0.244. The summed E-state index contributed by atoms with van der Waals surface area (Å²) in [6, 6.07) is 0. The summed E-state index contributed by atoms with van der Waals surface area (Å²) in [4.78, 5) is 10.3. The minimum absolute atomic E-state index is 0.244. The van der Waals surface area contributed by atoms with Crippen LogP contribution in [-0.2, 0) is 4.79 Å². The fourth-order valence-corrected chi connectivity index (χ4v) is 0.887. The molecule has 68 valence electrons. The predicted octanol–water partition coefficient (Wildman–Crippen LogP) is 2.97. The molecule has 0 saturated heterocycles. The van der Waals surface area contributed by atoms with Crippen LogP contribution in [0.1, 0.15) is 39.5 Å². The summed E-state index contributed by atoms with van der Waals surface area (Å²) in [5, 5.41) is -0.244. The number of rotatable bonds is 4. The fraction of sp³-hybridized carbons (Fsp3) is 0.700. The molecule has 2 heteroatoms. The number of hydrogen-bond acceptors (Lipinski definition) is 1. The number of carbonyl (C=O) groups is 1. The summed E-state index contributed by atoms with van der Waals surface area (Å²) in [7, 11) is 0. The van der Waals surface area contributed by atoms with Crippen molar-refractivity contribution in [2.24, 2.45) is 5.92 Å². The average Bonchev–Trinajstić information content (AvgIpc) is 1.95. The third-order valence-electron chi connectivity index (χ3n) is 1.32. The first kappa shape index (κ1) is 11.5. The Kier molecular flexibility index (Phi) is 6.90. The first-order valence-electron chi connectivity index (χ1n) is 4.29. The lowest BCUT2D eigenvalue weighted by Crippen LogP contribution is -1.85. The van der Waals surface area contributed by atoms with Gasteiger partial charge in [-0.1, -0.05) is 13.8 Å². The fourth-order valence-electron chi connectivity index (χ4n) is 0.754. The van der Waals surface area contributed by atoms with Gasteiger partial charge in [0.05, 0.1) is 0 Å². The maximum Gasteiger partial charge on any atom is 0.221 e. The standard InChI is InChI=1S/C10H15ClO/c1-9(2)7-5-3-4-6-8-10(11)12/h9H,3-4,6,8H2,1-2H3. The summed E-state index contributed by atoms with van der Waals surface area (Å²) >= 11 is 5.17. The van der Waals surface area contributed by atoms with E-state index in [0.717, 1.165) is 19.3 Å². The highest BCUT2D eigenvalue weighted by molar-refractivity contribution is 6.63. The van der Waals surface area contributed by atoms with Crippen molar-refractivity contribution < 1.29 is 4.79 Å². The van der Waals surface area contributed by atoms with E-state index in [2.05, 4.69) is 25.7 Å². The van der Waals surface area contributed by atoms with E-state index in [-0.39, 0.29) is 5.24 Å². The Morgan fingerprint density at radius 1 is 1.42 bits per heavy atom. The summed E-state index contributed by atoms with van der Waals surface area (Å²) < 4.78 is 0. The zero-order valence-electron chi connectivity index (χ0n) is 7.69. The van der Waals surface area contributed by atoms with Crippen LogP contribution in [0.25, 0.3) is 0 Å². The Morgan fingerprint density at radius 3 is 2.58 bits per heavy atom. The Hall–Kier alpha value is -0.480. The van der Waals surface area contributed by atoms with Gasteiger partial charge in [0, 0.05) is 18.8 Å². The van der Waals surface area contributed by atoms with Gasteiger partial charge in [-0.25, -0.2) is 0 Å². The van der Waals surface area contributed by atoms with Crippen LogP contribution in [0.4, 0.5) is 0 Å². The number of unbranched alkanes of at least 4 members (excludes halogenated alkanes) is 2. The molecule has 0 radical (unpaired) electrons. The molecule has 0 aromatic carbocycles. The topological polar surface area (TPSA) is 17.1 Å². The summed E-state index contributed by atoms with van der Waals surface area (Å²) in [5.41, 5.74) is 0. The normalized spacial score (nSPS) is 9.33. The van der Waals surface area contributed by atoms with E-state index in [9.17, 15) is 4.79 Å². The van der Waals surface area contributed by atoms with Crippen LogP contribution in [0.3, 0.4) is 0 Å². The largest absolute Gasteiger partial charge is 0.281 e. The molecule has 0 atom stereocenters. The van der Waals surface area contributed by atoms with E-state index >= 15 is 0 Å². The molecule has 0 fully saturated rings. The Balaban J connectivity index is 3.23. The van der Waals surface area contributed by atoms with Crippen molar-refractivity contribution in [3.8, 4) is 11.8 Å². The van der Waals surface area contributed by atoms with E-state index in [0.29, 0.717) is 12.3 Å². The lowest BCUT2D eigenvalue weighted by Gasteiger charge is -1.91. The van der Waals surface area contributed by atoms with Crippen LogP contribution in [-0.4, -0.2) is 5.24 Å². The van der Waals surface area contributed by atoms with Crippen LogP contribution >= 0.6 is 11.6 Å². The van der Waals surface area contributed by atoms with Crippen LogP contribution < -0.4 is 0 Å². The van der Waals surface area contributed by atoms with Gasteiger partial charge in [-0.2, -0.15) is 0 Å². The van der Waals surface area contributed by atoms with Crippen molar-refractivity contribution in [3.05, 3.63) is 0 Å². The van der Waals surface area contributed by atoms with Crippen LogP contribution in [0.5, 0.6) is 0 Å². The molecule has 0 N–H and O–H groups in total. The van der Waals surface area contributed by atoms with Gasteiger partial charge in [0.1, 0.15) is 0 Å². The maximum absolute atomic E-state index is 10.3. The van der Waals surface area contributed by atoms with Gasteiger partial charge in [-0.3, -0.25) is 4.79 Å². The summed E-state index contributed by atoms with van der Waals surface area (Å²) in [5.74, 6) is 6.56. The zero-order valence-corrected chi connectivity index (χ0v) is 8.45. The van der Waals surface area contributed by atoms with E-state index in [1.165, 1.54) is 0 Å². The van der Waals surface area contributed by atoms with Crippen LogP contribution in [0.2, 0.25) is 0 Å². The molecule has 12 heavy (non-hydrogen) atoms. The highest BCUT2D eigenvalue weighted by Gasteiger charge is 1.93.